The van der Waals surface area contributed by atoms with E-state index < -0.39 is 0 Å². The molecule has 3 aromatic carbocycles. The molecule has 0 spiro atoms. The first kappa shape index (κ1) is 18.1. The second kappa shape index (κ2) is 7.25. The second-order valence-electron chi connectivity index (χ2n) is 6.57. The summed E-state index contributed by atoms with van der Waals surface area (Å²) in [5, 5.41) is 4.98. The predicted octanol–water partition coefficient (Wildman–Crippen LogP) is 6.08. The van der Waals surface area contributed by atoms with Crippen molar-refractivity contribution in [1.82, 2.24) is 0 Å². The van der Waals surface area contributed by atoms with Gasteiger partial charge in [-0.05, 0) is 71.5 Å². The zero-order chi connectivity index (χ0) is 18.8. The number of methoxy groups -OCH3 is 2. The number of ether oxygens (including phenoxy) is 2. The largest absolute Gasteiger partial charge is 0.496 e. The van der Waals surface area contributed by atoms with Gasteiger partial charge in [0.05, 0.1) is 14.2 Å². The van der Waals surface area contributed by atoms with Gasteiger partial charge in [0, 0.05) is 11.1 Å². The highest BCUT2D eigenvalue weighted by atomic mass is 16.5. The Morgan fingerprint density at radius 3 is 1.42 bits per heavy atom. The third kappa shape index (κ3) is 2.66. The molecule has 0 aliphatic rings. The summed E-state index contributed by atoms with van der Waals surface area (Å²) in [5.74, 6) is 1.80. The summed E-state index contributed by atoms with van der Waals surface area (Å²) >= 11 is 0. The van der Waals surface area contributed by atoms with Gasteiger partial charge in [-0.15, -0.1) is 13.2 Å². The van der Waals surface area contributed by atoms with E-state index in [1.165, 1.54) is 43.8 Å². The van der Waals surface area contributed by atoms with Crippen LogP contribution in [0.4, 0.5) is 0 Å². The van der Waals surface area contributed by atoms with Crippen molar-refractivity contribution in [3.63, 3.8) is 0 Å². The van der Waals surface area contributed by atoms with Gasteiger partial charge in [-0.2, -0.15) is 0 Å². The van der Waals surface area contributed by atoms with E-state index in [1.807, 2.05) is 12.2 Å². The SMILES string of the molecule is C=CCc1c(OC)ccc2c(C)c(C)c3ccc(OC)c(CC=C)c3c12. The Morgan fingerprint density at radius 1 is 0.731 bits per heavy atom. The summed E-state index contributed by atoms with van der Waals surface area (Å²) < 4.78 is 11.4. The van der Waals surface area contributed by atoms with E-state index in [1.54, 1.807) is 14.2 Å². The van der Waals surface area contributed by atoms with Crippen LogP contribution in [-0.4, -0.2) is 14.2 Å². The minimum Gasteiger partial charge on any atom is -0.496 e. The summed E-state index contributed by atoms with van der Waals surface area (Å²) in [7, 11) is 3.45. The van der Waals surface area contributed by atoms with Gasteiger partial charge in [-0.1, -0.05) is 24.3 Å². The van der Waals surface area contributed by atoms with Crippen LogP contribution in [0, 0.1) is 13.8 Å². The van der Waals surface area contributed by atoms with Crippen LogP contribution in [0.2, 0.25) is 0 Å². The lowest BCUT2D eigenvalue weighted by Crippen LogP contribution is -2.00. The van der Waals surface area contributed by atoms with Gasteiger partial charge in [-0.25, -0.2) is 0 Å². The van der Waals surface area contributed by atoms with E-state index in [-0.39, 0.29) is 0 Å². The molecule has 0 unspecified atom stereocenters. The molecule has 0 atom stereocenters. The van der Waals surface area contributed by atoms with Crippen LogP contribution in [0.25, 0.3) is 21.5 Å². The number of aryl methyl sites for hydroxylation is 2. The maximum absolute atomic E-state index is 5.68. The first-order chi connectivity index (χ1) is 12.6. The zero-order valence-corrected chi connectivity index (χ0v) is 16.1. The summed E-state index contributed by atoms with van der Waals surface area (Å²) in [5.41, 5.74) is 4.95. The summed E-state index contributed by atoms with van der Waals surface area (Å²) in [4.78, 5) is 0. The van der Waals surface area contributed by atoms with Crippen molar-refractivity contribution in [2.75, 3.05) is 14.2 Å². The Morgan fingerprint density at radius 2 is 1.12 bits per heavy atom. The molecule has 0 fully saturated rings. The first-order valence-corrected chi connectivity index (χ1v) is 8.89. The van der Waals surface area contributed by atoms with Crippen molar-refractivity contribution in [2.45, 2.75) is 26.7 Å². The topological polar surface area (TPSA) is 18.5 Å². The predicted molar refractivity (Wildman–Crippen MR) is 112 cm³/mol. The molecule has 2 heteroatoms. The van der Waals surface area contributed by atoms with Crippen molar-refractivity contribution in [3.8, 4) is 11.5 Å². The summed E-state index contributed by atoms with van der Waals surface area (Å²) in [6, 6.07) is 8.46. The molecule has 0 radical (unpaired) electrons. The van der Waals surface area contributed by atoms with Crippen molar-refractivity contribution in [3.05, 3.63) is 71.8 Å². The Bertz CT molecular complexity index is 930. The number of benzene rings is 3. The van der Waals surface area contributed by atoms with Gasteiger partial charge in [-0.3, -0.25) is 0 Å². The third-order valence-electron chi connectivity index (χ3n) is 5.30. The van der Waals surface area contributed by atoms with Crippen LogP contribution in [0.15, 0.2) is 49.6 Å². The average Bonchev–Trinajstić information content (AvgIpc) is 2.66. The molecule has 0 aromatic heterocycles. The minimum atomic E-state index is 0.753. The van der Waals surface area contributed by atoms with Crippen molar-refractivity contribution in [2.24, 2.45) is 0 Å². The van der Waals surface area contributed by atoms with Crippen molar-refractivity contribution >= 4 is 21.5 Å². The fourth-order valence-corrected chi connectivity index (χ4v) is 3.93. The number of hydrogen-bond acceptors (Lipinski definition) is 2. The molecule has 26 heavy (non-hydrogen) atoms. The van der Waals surface area contributed by atoms with Crippen LogP contribution in [0.5, 0.6) is 11.5 Å². The molecule has 0 amide bonds. The van der Waals surface area contributed by atoms with Crippen molar-refractivity contribution in [1.29, 1.82) is 0 Å². The maximum atomic E-state index is 5.68. The Labute approximate surface area is 155 Å². The van der Waals surface area contributed by atoms with Crippen LogP contribution in [-0.2, 0) is 12.8 Å². The molecule has 0 saturated carbocycles. The standard InChI is InChI=1S/C24H26O2/c1-7-9-19-21(25-5)13-11-17-15(3)16(4)18-12-14-22(26-6)20(10-8-2)24(18)23(17)19/h7-8,11-14H,1-2,9-10H2,3-6H3. The van der Waals surface area contributed by atoms with Crippen LogP contribution >= 0.6 is 0 Å². The highest BCUT2D eigenvalue weighted by molar-refractivity contribution is 6.15. The molecule has 3 aromatic rings. The first-order valence-electron chi connectivity index (χ1n) is 8.89. The molecule has 0 saturated heterocycles. The highest BCUT2D eigenvalue weighted by Crippen LogP contribution is 2.42. The number of hydrogen-bond donors (Lipinski definition) is 0. The molecule has 3 rings (SSSR count). The van der Waals surface area contributed by atoms with Crippen LogP contribution in [0.1, 0.15) is 22.3 Å². The van der Waals surface area contributed by atoms with Gasteiger partial charge in [0.2, 0.25) is 0 Å². The third-order valence-corrected chi connectivity index (χ3v) is 5.30. The van der Waals surface area contributed by atoms with Gasteiger partial charge >= 0.3 is 0 Å². The van der Waals surface area contributed by atoms with E-state index in [0.717, 1.165) is 24.3 Å². The normalized spacial score (nSPS) is 10.9. The smallest absolute Gasteiger partial charge is 0.123 e. The molecule has 0 aliphatic heterocycles. The second-order valence-corrected chi connectivity index (χ2v) is 6.57. The zero-order valence-electron chi connectivity index (χ0n) is 16.1. The van der Waals surface area contributed by atoms with E-state index in [4.69, 9.17) is 9.47 Å². The Balaban J connectivity index is 2.67. The minimum absolute atomic E-state index is 0.753. The molecular formula is C24H26O2. The average molecular weight is 346 g/mol. The highest BCUT2D eigenvalue weighted by Gasteiger charge is 2.19. The fourth-order valence-electron chi connectivity index (χ4n) is 3.93. The van der Waals surface area contributed by atoms with Crippen LogP contribution in [0.3, 0.4) is 0 Å². The number of fused-ring (bicyclic) bond motifs is 3. The molecular weight excluding hydrogens is 320 g/mol. The van der Waals surface area contributed by atoms with Gasteiger partial charge in [0.1, 0.15) is 11.5 Å². The molecule has 0 N–H and O–H groups in total. The van der Waals surface area contributed by atoms with Gasteiger partial charge in [0.25, 0.3) is 0 Å². The quantitative estimate of drug-likeness (QED) is 0.397. The maximum Gasteiger partial charge on any atom is 0.123 e. The van der Waals surface area contributed by atoms with E-state index in [0.29, 0.717) is 0 Å². The molecule has 0 heterocycles. The lowest BCUT2D eigenvalue weighted by molar-refractivity contribution is 0.411. The molecule has 0 bridgehead atoms. The molecule has 2 nitrogen and oxygen atoms in total. The van der Waals surface area contributed by atoms with Gasteiger partial charge < -0.3 is 9.47 Å². The van der Waals surface area contributed by atoms with Crippen LogP contribution < -0.4 is 9.47 Å². The summed E-state index contributed by atoms with van der Waals surface area (Å²) in [6.45, 7) is 12.3. The fraction of sp³-hybridized carbons (Fsp3) is 0.250. The van der Waals surface area contributed by atoms with Gasteiger partial charge in [0.15, 0.2) is 0 Å². The Hall–Kier alpha value is -2.74. The Kier molecular flexibility index (Phi) is 5.03. The molecule has 134 valence electrons. The summed E-state index contributed by atoms with van der Waals surface area (Å²) in [6.07, 6.45) is 5.38. The van der Waals surface area contributed by atoms with E-state index in [9.17, 15) is 0 Å². The number of rotatable bonds is 6. The monoisotopic (exact) mass is 346 g/mol. The lowest BCUT2D eigenvalue weighted by atomic mass is 9.86. The number of allylic oxidation sites excluding steroid dienone is 2. The molecule has 0 aliphatic carbocycles. The van der Waals surface area contributed by atoms with E-state index in [2.05, 4.69) is 51.3 Å². The van der Waals surface area contributed by atoms with Crippen molar-refractivity contribution < 1.29 is 9.47 Å². The lowest BCUT2D eigenvalue weighted by Gasteiger charge is -2.20. The van der Waals surface area contributed by atoms with E-state index >= 15 is 0 Å².